The molecule has 3 N–H and O–H groups in total. The van der Waals surface area contributed by atoms with Gasteiger partial charge in [-0.25, -0.2) is 4.79 Å². The van der Waals surface area contributed by atoms with E-state index in [1.807, 2.05) is 0 Å². The molecule has 0 aromatic carbocycles. The molecule has 1 heterocycles. The van der Waals surface area contributed by atoms with Gasteiger partial charge in [-0.1, -0.05) is 6.92 Å². The monoisotopic (exact) mass is 271 g/mol. The van der Waals surface area contributed by atoms with Crippen LogP contribution in [-0.4, -0.2) is 53.5 Å². The Morgan fingerprint density at radius 1 is 1.47 bits per heavy atom. The average Bonchev–Trinajstić information content (AvgIpc) is 2.57. The maximum Gasteiger partial charge on any atom is 0.315 e. The van der Waals surface area contributed by atoms with Crippen molar-refractivity contribution in [3.63, 3.8) is 0 Å². The first kappa shape index (κ1) is 14.9. The van der Waals surface area contributed by atoms with E-state index in [9.17, 15) is 19.2 Å². The molecule has 106 valence electrons. The summed E-state index contributed by atoms with van der Waals surface area (Å²) in [7, 11) is 1.35. The van der Waals surface area contributed by atoms with Crippen LogP contribution in [-0.2, 0) is 14.4 Å². The summed E-state index contributed by atoms with van der Waals surface area (Å²) in [6, 6.07) is -1.52. The summed E-state index contributed by atoms with van der Waals surface area (Å²) in [6.45, 7) is 1.68. The van der Waals surface area contributed by atoms with Crippen molar-refractivity contribution in [1.29, 1.82) is 0 Å². The summed E-state index contributed by atoms with van der Waals surface area (Å²) in [4.78, 5) is 46.0. The number of nitrogens with one attached hydrogen (secondary N) is 2. The Kier molecular flexibility index (Phi) is 4.85. The van der Waals surface area contributed by atoms with Gasteiger partial charge in [0, 0.05) is 13.6 Å². The predicted molar refractivity (Wildman–Crippen MR) is 64.1 cm³/mol. The molecule has 0 bridgehead atoms. The van der Waals surface area contributed by atoms with Crippen LogP contribution in [0.25, 0.3) is 0 Å². The molecule has 0 aliphatic carbocycles. The summed E-state index contributed by atoms with van der Waals surface area (Å²) in [5.41, 5.74) is 0. The second kappa shape index (κ2) is 6.17. The van der Waals surface area contributed by atoms with Gasteiger partial charge >= 0.3 is 12.0 Å². The van der Waals surface area contributed by atoms with Gasteiger partial charge in [0.1, 0.15) is 6.04 Å². The first-order chi connectivity index (χ1) is 8.86. The fourth-order valence-electron chi connectivity index (χ4n) is 1.70. The quantitative estimate of drug-likeness (QED) is 0.563. The van der Waals surface area contributed by atoms with E-state index in [-0.39, 0.29) is 18.9 Å². The minimum absolute atomic E-state index is 0.0254. The second-order valence-electron chi connectivity index (χ2n) is 4.35. The van der Waals surface area contributed by atoms with Crippen molar-refractivity contribution in [2.45, 2.75) is 25.8 Å². The molecule has 0 aromatic heterocycles. The zero-order chi connectivity index (χ0) is 14.6. The van der Waals surface area contributed by atoms with Crippen molar-refractivity contribution in [2.75, 3.05) is 13.6 Å². The van der Waals surface area contributed by atoms with Gasteiger partial charge in [0.2, 0.25) is 5.91 Å². The summed E-state index contributed by atoms with van der Waals surface area (Å²) in [5, 5.41) is 13.5. The Bertz CT molecular complexity index is 409. The number of carbonyl (C=O) groups excluding carboxylic acids is 3. The highest BCUT2D eigenvalue weighted by Crippen LogP contribution is 2.10. The van der Waals surface area contributed by atoms with Crippen LogP contribution in [0.15, 0.2) is 0 Å². The first-order valence-corrected chi connectivity index (χ1v) is 5.94. The summed E-state index contributed by atoms with van der Waals surface area (Å²) in [6.07, 6.45) is 0.318. The number of likely N-dealkylation sites (tertiary alicyclic amines) is 1. The Hall–Kier alpha value is -2.12. The van der Waals surface area contributed by atoms with E-state index in [0.717, 1.165) is 4.90 Å². The van der Waals surface area contributed by atoms with E-state index in [0.29, 0.717) is 6.42 Å². The number of carboxylic acid groups (broad SMARTS) is 1. The molecule has 1 aliphatic rings. The van der Waals surface area contributed by atoms with Gasteiger partial charge in [-0.15, -0.1) is 0 Å². The highest BCUT2D eigenvalue weighted by atomic mass is 16.4. The molecule has 4 amide bonds. The maximum atomic E-state index is 11.5. The normalized spacial score (nSPS) is 20.3. The SMILES string of the molecule is CCC(CNC(=O)NC1CC(=O)N(C)C1=O)C(=O)O. The molecule has 1 fully saturated rings. The van der Waals surface area contributed by atoms with Crippen molar-refractivity contribution in [1.82, 2.24) is 15.5 Å². The number of urea groups is 1. The molecule has 2 unspecified atom stereocenters. The van der Waals surface area contributed by atoms with Gasteiger partial charge < -0.3 is 15.7 Å². The molecule has 8 nitrogen and oxygen atoms in total. The van der Waals surface area contributed by atoms with Gasteiger partial charge in [0.15, 0.2) is 0 Å². The lowest BCUT2D eigenvalue weighted by Crippen LogP contribution is -2.47. The average molecular weight is 271 g/mol. The minimum Gasteiger partial charge on any atom is -0.481 e. The highest BCUT2D eigenvalue weighted by molar-refractivity contribution is 6.06. The Balaban J connectivity index is 2.42. The van der Waals surface area contributed by atoms with Crippen LogP contribution in [0, 0.1) is 5.92 Å². The van der Waals surface area contributed by atoms with E-state index in [1.54, 1.807) is 6.92 Å². The van der Waals surface area contributed by atoms with Gasteiger partial charge in [0.05, 0.1) is 12.3 Å². The largest absolute Gasteiger partial charge is 0.481 e. The summed E-state index contributed by atoms with van der Waals surface area (Å²) >= 11 is 0. The van der Waals surface area contributed by atoms with E-state index in [4.69, 9.17) is 5.11 Å². The van der Waals surface area contributed by atoms with Crippen molar-refractivity contribution >= 4 is 23.8 Å². The molecular formula is C11H17N3O5. The van der Waals surface area contributed by atoms with Crippen LogP contribution < -0.4 is 10.6 Å². The van der Waals surface area contributed by atoms with Crippen molar-refractivity contribution in [2.24, 2.45) is 5.92 Å². The van der Waals surface area contributed by atoms with Crippen LogP contribution in [0.3, 0.4) is 0 Å². The van der Waals surface area contributed by atoms with E-state index >= 15 is 0 Å². The zero-order valence-corrected chi connectivity index (χ0v) is 10.8. The maximum absolute atomic E-state index is 11.5. The molecule has 1 saturated heterocycles. The third-order valence-electron chi connectivity index (χ3n) is 3.04. The number of likely N-dealkylation sites (N-methyl/N-ethyl adjacent to an activating group) is 1. The number of carboxylic acids is 1. The van der Waals surface area contributed by atoms with Crippen molar-refractivity contribution < 1.29 is 24.3 Å². The van der Waals surface area contributed by atoms with E-state index in [2.05, 4.69) is 10.6 Å². The summed E-state index contributed by atoms with van der Waals surface area (Å²) in [5.74, 6) is -2.48. The van der Waals surface area contributed by atoms with Crippen LogP contribution in [0.5, 0.6) is 0 Å². The number of nitrogens with zero attached hydrogens (tertiary/aromatic N) is 1. The van der Waals surface area contributed by atoms with Crippen LogP contribution in [0.4, 0.5) is 4.79 Å². The Morgan fingerprint density at radius 3 is 2.53 bits per heavy atom. The lowest BCUT2D eigenvalue weighted by atomic mass is 10.1. The third-order valence-corrected chi connectivity index (χ3v) is 3.04. The topological polar surface area (TPSA) is 116 Å². The van der Waals surface area contributed by atoms with Crippen LogP contribution in [0.1, 0.15) is 19.8 Å². The molecule has 19 heavy (non-hydrogen) atoms. The molecule has 0 spiro atoms. The van der Waals surface area contributed by atoms with Crippen LogP contribution in [0.2, 0.25) is 0 Å². The number of aliphatic carboxylic acids is 1. The third kappa shape index (κ3) is 3.67. The predicted octanol–water partition coefficient (Wildman–Crippen LogP) is -0.846. The van der Waals surface area contributed by atoms with Gasteiger partial charge in [-0.05, 0) is 6.42 Å². The number of rotatable bonds is 5. The van der Waals surface area contributed by atoms with Crippen molar-refractivity contribution in [3.8, 4) is 0 Å². The lowest BCUT2D eigenvalue weighted by molar-refractivity contribution is -0.141. The smallest absolute Gasteiger partial charge is 0.315 e. The molecule has 8 heteroatoms. The highest BCUT2D eigenvalue weighted by Gasteiger charge is 2.36. The number of hydrogen-bond donors (Lipinski definition) is 3. The van der Waals surface area contributed by atoms with E-state index in [1.165, 1.54) is 7.05 Å². The minimum atomic E-state index is -0.991. The molecule has 0 radical (unpaired) electrons. The zero-order valence-electron chi connectivity index (χ0n) is 10.8. The molecule has 0 aromatic rings. The van der Waals surface area contributed by atoms with Crippen LogP contribution >= 0.6 is 0 Å². The lowest BCUT2D eigenvalue weighted by Gasteiger charge is -2.14. The Labute approximate surface area is 110 Å². The number of amides is 4. The molecule has 2 atom stereocenters. The van der Waals surface area contributed by atoms with Gasteiger partial charge in [-0.2, -0.15) is 0 Å². The molecule has 1 rings (SSSR count). The van der Waals surface area contributed by atoms with Gasteiger partial charge in [-0.3, -0.25) is 19.3 Å². The Morgan fingerprint density at radius 2 is 2.11 bits per heavy atom. The van der Waals surface area contributed by atoms with E-state index < -0.39 is 29.9 Å². The molecule has 0 saturated carbocycles. The standard InChI is InChI=1S/C11H17N3O5/c1-3-6(10(17)18)5-12-11(19)13-7-4-8(15)14(2)9(7)16/h6-7H,3-5H2,1-2H3,(H,17,18)(H2,12,13,19). The second-order valence-corrected chi connectivity index (χ2v) is 4.35. The fraction of sp³-hybridized carbons (Fsp3) is 0.636. The first-order valence-electron chi connectivity index (χ1n) is 5.94. The molecule has 1 aliphatic heterocycles. The number of hydrogen-bond acceptors (Lipinski definition) is 4. The van der Waals surface area contributed by atoms with Gasteiger partial charge in [0.25, 0.3) is 5.91 Å². The number of imide groups is 1. The molecular weight excluding hydrogens is 254 g/mol. The fourth-order valence-corrected chi connectivity index (χ4v) is 1.70. The van der Waals surface area contributed by atoms with Crippen molar-refractivity contribution in [3.05, 3.63) is 0 Å². The number of carbonyl (C=O) groups is 4. The summed E-state index contributed by atoms with van der Waals surface area (Å²) < 4.78 is 0.